The molecule has 0 aromatic heterocycles. The average molecular weight is 1140 g/mol. The molecule has 6 heteroatoms. The predicted molar refractivity (Wildman–Crippen MR) is 357 cm³/mol. The van der Waals surface area contributed by atoms with Gasteiger partial charge in [0.1, 0.15) is 13.2 Å². The minimum Gasteiger partial charge on any atom is -0.462 e. The van der Waals surface area contributed by atoms with Gasteiger partial charge in [-0.3, -0.25) is 14.4 Å². The van der Waals surface area contributed by atoms with Crippen molar-refractivity contribution in [2.75, 3.05) is 13.2 Å². The Bertz CT molecular complexity index is 1730. The third kappa shape index (κ3) is 66.4. The topological polar surface area (TPSA) is 78.9 Å². The zero-order valence-corrected chi connectivity index (χ0v) is 53.5. The van der Waals surface area contributed by atoms with E-state index >= 15 is 0 Å². The first kappa shape index (κ1) is 77.5. The number of hydrogen-bond acceptors (Lipinski definition) is 6. The number of carbonyl (C=O) groups is 3. The minimum atomic E-state index is -0.791. The lowest BCUT2D eigenvalue weighted by molar-refractivity contribution is -0.167. The van der Waals surface area contributed by atoms with Gasteiger partial charge in [0.25, 0.3) is 0 Å². The monoisotopic (exact) mass is 1130 g/mol. The summed E-state index contributed by atoms with van der Waals surface area (Å²) in [6.07, 6.45) is 97.6. The van der Waals surface area contributed by atoms with Crippen molar-refractivity contribution in [3.8, 4) is 0 Å². The molecule has 0 aliphatic rings. The van der Waals surface area contributed by atoms with Crippen LogP contribution in [-0.4, -0.2) is 37.2 Å². The molecular weight excluding hydrogens is 1010 g/mol. The third-order valence-electron chi connectivity index (χ3n) is 14.4. The Morgan fingerprint density at radius 3 is 0.793 bits per heavy atom. The fourth-order valence-electron chi connectivity index (χ4n) is 9.24. The average Bonchev–Trinajstić information content (AvgIpc) is 3.47. The number of esters is 3. The fraction of sp³-hybridized carbons (Fsp3) is 0.671. The summed E-state index contributed by atoms with van der Waals surface area (Å²) < 4.78 is 16.9. The van der Waals surface area contributed by atoms with Crippen LogP contribution in [-0.2, 0) is 28.6 Å². The van der Waals surface area contributed by atoms with E-state index in [2.05, 4.69) is 154 Å². The second-order valence-corrected chi connectivity index (χ2v) is 22.3. The summed E-state index contributed by atoms with van der Waals surface area (Å²) in [5, 5.41) is 0. The Balaban J connectivity index is 4.22. The van der Waals surface area contributed by atoms with Gasteiger partial charge in [-0.25, -0.2) is 0 Å². The zero-order chi connectivity index (χ0) is 59.2. The van der Waals surface area contributed by atoms with E-state index in [9.17, 15) is 14.4 Å². The molecule has 0 aromatic rings. The van der Waals surface area contributed by atoms with Gasteiger partial charge in [0.05, 0.1) is 0 Å². The van der Waals surface area contributed by atoms with E-state index < -0.39 is 6.10 Å². The summed E-state index contributed by atoms with van der Waals surface area (Å²) >= 11 is 0. The van der Waals surface area contributed by atoms with E-state index in [0.29, 0.717) is 19.3 Å². The zero-order valence-electron chi connectivity index (χ0n) is 53.5. The van der Waals surface area contributed by atoms with E-state index in [0.717, 1.165) is 135 Å². The van der Waals surface area contributed by atoms with Crippen LogP contribution in [0.3, 0.4) is 0 Å². The van der Waals surface area contributed by atoms with Gasteiger partial charge in [-0.15, -0.1) is 0 Å². The Hall–Kier alpha value is -4.45. The molecular formula is C76H126O6. The van der Waals surface area contributed by atoms with Crippen LogP contribution in [0.15, 0.2) is 134 Å². The maximum atomic E-state index is 12.9. The summed E-state index contributed by atoms with van der Waals surface area (Å²) in [6, 6.07) is 0. The molecule has 0 amide bonds. The van der Waals surface area contributed by atoms with Crippen LogP contribution in [0.25, 0.3) is 0 Å². The minimum absolute atomic E-state index is 0.0876. The maximum absolute atomic E-state index is 12.9. The molecule has 0 radical (unpaired) electrons. The van der Waals surface area contributed by atoms with Crippen LogP contribution in [0, 0.1) is 0 Å². The lowest BCUT2D eigenvalue weighted by Gasteiger charge is -2.18. The van der Waals surface area contributed by atoms with E-state index in [-0.39, 0.29) is 31.1 Å². The fourth-order valence-corrected chi connectivity index (χ4v) is 9.24. The Morgan fingerprint density at radius 2 is 0.488 bits per heavy atom. The number of carbonyl (C=O) groups excluding carboxylic acids is 3. The first-order valence-corrected chi connectivity index (χ1v) is 34.2. The molecule has 0 aliphatic carbocycles. The number of unbranched alkanes of at least 4 members (excludes halogenated alkanes) is 28. The molecule has 0 aliphatic heterocycles. The van der Waals surface area contributed by atoms with Crippen LogP contribution in [0.1, 0.15) is 310 Å². The largest absolute Gasteiger partial charge is 0.462 e. The summed E-state index contributed by atoms with van der Waals surface area (Å²) in [6.45, 7) is 6.47. The van der Waals surface area contributed by atoms with E-state index in [1.54, 1.807) is 0 Å². The highest BCUT2D eigenvalue weighted by atomic mass is 16.6. The molecule has 82 heavy (non-hydrogen) atoms. The highest BCUT2D eigenvalue weighted by molar-refractivity contribution is 5.71. The van der Waals surface area contributed by atoms with Crippen molar-refractivity contribution in [1.82, 2.24) is 0 Å². The van der Waals surface area contributed by atoms with Crippen molar-refractivity contribution >= 4 is 17.9 Å². The molecule has 1 unspecified atom stereocenters. The van der Waals surface area contributed by atoms with E-state index in [4.69, 9.17) is 14.2 Å². The molecule has 0 saturated carbocycles. The van der Waals surface area contributed by atoms with Gasteiger partial charge < -0.3 is 14.2 Å². The van der Waals surface area contributed by atoms with Crippen LogP contribution in [0.4, 0.5) is 0 Å². The quantitative estimate of drug-likeness (QED) is 0.0261. The van der Waals surface area contributed by atoms with Crippen molar-refractivity contribution < 1.29 is 28.6 Å². The SMILES string of the molecule is CC/C=C\C/C=C\C/C=C\C/C=C\C/C=C\C/C=C\C/C=C\C/C=C\CCCCCCCCCCCCC(=O)OCC(COC(=O)CCCCCCC/C=C\CCCC)OC(=O)CCCCCCCCC/C=C\C/C=C\CCCCCC. The van der Waals surface area contributed by atoms with E-state index in [1.807, 2.05) is 0 Å². The van der Waals surface area contributed by atoms with Crippen molar-refractivity contribution in [2.24, 2.45) is 0 Å². The number of hydrogen-bond donors (Lipinski definition) is 0. The van der Waals surface area contributed by atoms with Gasteiger partial charge in [-0.2, -0.15) is 0 Å². The summed E-state index contributed by atoms with van der Waals surface area (Å²) in [5.74, 6) is -0.904. The molecule has 0 bridgehead atoms. The molecule has 0 rings (SSSR count). The number of allylic oxidation sites excluding steroid dienone is 22. The Morgan fingerprint density at radius 1 is 0.256 bits per heavy atom. The lowest BCUT2D eigenvalue weighted by atomic mass is 10.1. The van der Waals surface area contributed by atoms with Gasteiger partial charge in [-0.05, 0) is 135 Å². The van der Waals surface area contributed by atoms with Gasteiger partial charge in [-0.1, -0.05) is 289 Å². The second kappa shape index (κ2) is 69.0. The molecule has 0 aromatic carbocycles. The molecule has 0 spiro atoms. The predicted octanol–water partition coefficient (Wildman–Crippen LogP) is 23.7. The molecule has 466 valence electrons. The highest BCUT2D eigenvalue weighted by Crippen LogP contribution is 2.16. The molecule has 0 heterocycles. The number of rotatable bonds is 61. The summed E-state index contributed by atoms with van der Waals surface area (Å²) in [5.41, 5.74) is 0. The van der Waals surface area contributed by atoms with Crippen LogP contribution >= 0.6 is 0 Å². The van der Waals surface area contributed by atoms with Gasteiger partial charge in [0, 0.05) is 19.3 Å². The molecule has 0 fully saturated rings. The van der Waals surface area contributed by atoms with Crippen molar-refractivity contribution in [3.63, 3.8) is 0 Å². The van der Waals surface area contributed by atoms with Gasteiger partial charge in [0.2, 0.25) is 0 Å². The van der Waals surface area contributed by atoms with E-state index in [1.165, 1.54) is 135 Å². The van der Waals surface area contributed by atoms with Crippen LogP contribution in [0.5, 0.6) is 0 Å². The first-order chi connectivity index (χ1) is 40.5. The normalized spacial score (nSPS) is 13.0. The molecule has 1 atom stereocenters. The van der Waals surface area contributed by atoms with Crippen LogP contribution < -0.4 is 0 Å². The highest BCUT2D eigenvalue weighted by Gasteiger charge is 2.19. The lowest BCUT2D eigenvalue weighted by Crippen LogP contribution is -2.30. The third-order valence-corrected chi connectivity index (χ3v) is 14.4. The summed E-state index contributed by atoms with van der Waals surface area (Å²) in [7, 11) is 0. The Kier molecular flexibility index (Phi) is 65.3. The molecule has 6 nitrogen and oxygen atoms in total. The van der Waals surface area contributed by atoms with Gasteiger partial charge in [0.15, 0.2) is 6.10 Å². The van der Waals surface area contributed by atoms with Crippen molar-refractivity contribution in [3.05, 3.63) is 134 Å². The molecule has 0 N–H and O–H groups in total. The Labute approximate surface area is 506 Å². The second-order valence-electron chi connectivity index (χ2n) is 22.3. The van der Waals surface area contributed by atoms with Crippen molar-refractivity contribution in [2.45, 2.75) is 316 Å². The standard InChI is InChI=1S/C76H126O6/c1-4-7-10-13-16-19-22-24-26-28-30-31-32-33-34-35-36-37-38-39-40-41-42-43-44-45-46-48-49-51-54-57-60-63-66-69-75(78)81-72-73(71-80-74(77)68-65-62-59-56-53-21-18-15-12-9-6-3)82-76(79)70-67-64-61-58-55-52-50-47-29-27-25-23-20-17-14-11-8-5-2/h7,10,15-16,18-20,23-24,26-27,29-31,33-34,36-37,39-40,42-43,73H,4-6,8-9,11-14,17,21-22,25,28,32,35,38,41,44-72H2,1-3H3/b10-7-,18-15-,19-16-,23-20-,26-24-,29-27-,31-30-,34-33-,37-36-,40-39-,43-42-. The smallest absolute Gasteiger partial charge is 0.306 e. The number of ether oxygens (including phenoxy) is 3. The summed E-state index contributed by atoms with van der Waals surface area (Å²) in [4.78, 5) is 38.3. The molecule has 0 saturated heterocycles. The van der Waals surface area contributed by atoms with Crippen molar-refractivity contribution in [1.29, 1.82) is 0 Å². The first-order valence-electron chi connectivity index (χ1n) is 34.2. The van der Waals surface area contributed by atoms with Crippen LogP contribution in [0.2, 0.25) is 0 Å². The van der Waals surface area contributed by atoms with Gasteiger partial charge >= 0.3 is 17.9 Å². The maximum Gasteiger partial charge on any atom is 0.306 e.